The van der Waals surface area contributed by atoms with E-state index in [1.807, 2.05) is 6.07 Å². The third-order valence-corrected chi connectivity index (χ3v) is 2.16. The van der Waals surface area contributed by atoms with Crippen molar-refractivity contribution in [3.8, 4) is 22.9 Å². The topological polar surface area (TPSA) is 81.3 Å². The number of phenolic OH excluding ortho intramolecular Hbond substituents is 1. The van der Waals surface area contributed by atoms with Gasteiger partial charge in [0.15, 0.2) is 11.6 Å². The van der Waals surface area contributed by atoms with Crippen LogP contribution in [0.2, 0.25) is 0 Å². The number of nitrogens with zero attached hydrogens (tertiary/aromatic N) is 2. The second-order valence-electron chi connectivity index (χ2n) is 3.40. The number of rotatable bonds is 4. The molecule has 0 aliphatic heterocycles. The maximum atomic E-state index is 9.65. The lowest BCUT2D eigenvalue weighted by atomic mass is 10.2. The van der Waals surface area contributed by atoms with Gasteiger partial charge in [0.05, 0.1) is 18.0 Å². The van der Waals surface area contributed by atoms with Gasteiger partial charge in [0.2, 0.25) is 0 Å². The van der Waals surface area contributed by atoms with E-state index < -0.39 is 0 Å². The Morgan fingerprint density at radius 3 is 2.53 bits per heavy atom. The van der Waals surface area contributed by atoms with Crippen LogP contribution in [0.4, 0.5) is 0 Å². The van der Waals surface area contributed by atoms with E-state index in [9.17, 15) is 5.11 Å². The molecule has 2 aromatic rings. The Labute approximate surface area is 98.9 Å². The normalized spacial score (nSPS) is 10.2. The molecule has 0 spiro atoms. The van der Waals surface area contributed by atoms with Gasteiger partial charge in [0, 0.05) is 6.54 Å². The number of nitrogens with two attached hydrogens (primary N) is 1. The molecule has 88 valence electrons. The Kier molecular flexibility index (Phi) is 3.52. The zero-order valence-corrected chi connectivity index (χ0v) is 9.21. The monoisotopic (exact) mass is 231 g/mol. The molecule has 5 nitrogen and oxygen atoms in total. The second-order valence-corrected chi connectivity index (χ2v) is 3.40. The van der Waals surface area contributed by atoms with Crippen molar-refractivity contribution < 1.29 is 9.84 Å². The van der Waals surface area contributed by atoms with Crippen LogP contribution in [0.3, 0.4) is 0 Å². The molecule has 0 fully saturated rings. The summed E-state index contributed by atoms with van der Waals surface area (Å²) in [5.74, 6) is 1.18. The van der Waals surface area contributed by atoms with Gasteiger partial charge in [-0.05, 0) is 12.1 Å². The van der Waals surface area contributed by atoms with E-state index >= 15 is 0 Å². The Morgan fingerprint density at radius 1 is 1.18 bits per heavy atom. The number of phenols is 1. The van der Waals surface area contributed by atoms with E-state index in [1.165, 1.54) is 0 Å². The Bertz CT molecular complexity index is 485. The molecule has 1 aromatic carbocycles. The molecule has 0 atom stereocenters. The predicted molar refractivity (Wildman–Crippen MR) is 63.7 cm³/mol. The first-order valence-electron chi connectivity index (χ1n) is 5.24. The standard InChI is InChI=1S/C12H13N3O2/c13-5-6-17-9-7-14-12(15-8-9)10-3-1-2-4-11(10)16/h1-4,7-8,16H,5-6,13H2. The van der Waals surface area contributed by atoms with Gasteiger partial charge in [-0.3, -0.25) is 0 Å². The van der Waals surface area contributed by atoms with E-state index in [2.05, 4.69) is 9.97 Å². The van der Waals surface area contributed by atoms with Crippen molar-refractivity contribution in [2.24, 2.45) is 5.73 Å². The van der Waals surface area contributed by atoms with Gasteiger partial charge in [-0.15, -0.1) is 0 Å². The molecule has 0 amide bonds. The van der Waals surface area contributed by atoms with Crippen LogP contribution in [0, 0.1) is 0 Å². The molecule has 1 heterocycles. The third-order valence-electron chi connectivity index (χ3n) is 2.16. The average molecular weight is 231 g/mol. The zero-order chi connectivity index (χ0) is 12.1. The molecule has 0 saturated carbocycles. The van der Waals surface area contributed by atoms with Gasteiger partial charge in [-0.25, -0.2) is 9.97 Å². The van der Waals surface area contributed by atoms with E-state index in [0.29, 0.717) is 30.3 Å². The lowest BCUT2D eigenvalue weighted by molar-refractivity contribution is 0.325. The number of benzene rings is 1. The molecule has 3 N–H and O–H groups in total. The fourth-order valence-electron chi connectivity index (χ4n) is 1.37. The zero-order valence-electron chi connectivity index (χ0n) is 9.21. The molecule has 0 aliphatic carbocycles. The molecule has 17 heavy (non-hydrogen) atoms. The Balaban J connectivity index is 2.21. The summed E-state index contributed by atoms with van der Waals surface area (Å²) in [6.45, 7) is 0.876. The predicted octanol–water partition coefficient (Wildman–Crippen LogP) is 1.19. The van der Waals surface area contributed by atoms with E-state index in [1.54, 1.807) is 30.6 Å². The molecule has 0 bridgehead atoms. The highest BCUT2D eigenvalue weighted by molar-refractivity contribution is 5.63. The smallest absolute Gasteiger partial charge is 0.163 e. The van der Waals surface area contributed by atoms with Gasteiger partial charge in [-0.1, -0.05) is 12.1 Å². The van der Waals surface area contributed by atoms with Crippen molar-refractivity contribution in [2.75, 3.05) is 13.2 Å². The summed E-state index contributed by atoms with van der Waals surface area (Å²) in [5.41, 5.74) is 5.91. The fraction of sp³-hybridized carbons (Fsp3) is 0.167. The van der Waals surface area contributed by atoms with E-state index in [0.717, 1.165) is 0 Å². The highest BCUT2D eigenvalue weighted by Crippen LogP contribution is 2.25. The quantitative estimate of drug-likeness (QED) is 0.826. The van der Waals surface area contributed by atoms with Crippen molar-refractivity contribution in [1.82, 2.24) is 9.97 Å². The van der Waals surface area contributed by atoms with Crippen LogP contribution >= 0.6 is 0 Å². The minimum atomic E-state index is 0.156. The lowest BCUT2D eigenvalue weighted by Crippen LogP contribution is -2.10. The van der Waals surface area contributed by atoms with Crippen LogP contribution in [0.25, 0.3) is 11.4 Å². The average Bonchev–Trinajstić information content (AvgIpc) is 2.38. The molecule has 2 rings (SSSR count). The molecular formula is C12H13N3O2. The van der Waals surface area contributed by atoms with Crippen LogP contribution in [0.1, 0.15) is 0 Å². The highest BCUT2D eigenvalue weighted by Gasteiger charge is 2.06. The van der Waals surface area contributed by atoms with Gasteiger partial charge < -0.3 is 15.6 Å². The number of hydrogen-bond acceptors (Lipinski definition) is 5. The lowest BCUT2D eigenvalue weighted by Gasteiger charge is -2.05. The van der Waals surface area contributed by atoms with E-state index in [-0.39, 0.29) is 5.75 Å². The molecule has 0 unspecified atom stereocenters. The highest BCUT2D eigenvalue weighted by atomic mass is 16.5. The van der Waals surface area contributed by atoms with Crippen molar-refractivity contribution in [3.05, 3.63) is 36.7 Å². The maximum Gasteiger partial charge on any atom is 0.163 e. The van der Waals surface area contributed by atoms with Crippen LogP contribution in [0.5, 0.6) is 11.5 Å². The summed E-state index contributed by atoms with van der Waals surface area (Å²) in [4.78, 5) is 8.25. The van der Waals surface area contributed by atoms with Gasteiger partial charge in [-0.2, -0.15) is 0 Å². The molecule has 0 aliphatic rings. The summed E-state index contributed by atoms with van der Waals surface area (Å²) < 4.78 is 5.26. The number of hydrogen-bond donors (Lipinski definition) is 2. The van der Waals surface area contributed by atoms with Crippen molar-refractivity contribution >= 4 is 0 Å². The van der Waals surface area contributed by atoms with Gasteiger partial charge in [0.1, 0.15) is 12.4 Å². The van der Waals surface area contributed by atoms with Crippen LogP contribution in [-0.2, 0) is 0 Å². The van der Waals surface area contributed by atoms with Crippen molar-refractivity contribution in [1.29, 1.82) is 0 Å². The summed E-state index contributed by atoms with van der Waals surface area (Å²) in [7, 11) is 0. The Morgan fingerprint density at radius 2 is 1.88 bits per heavy atom. The molecular weight excluding hydrogens is 218 g/mol. The molecule has 0 radical (unpaired) electrons. The first kappa shape index (κ1) is 11.3. The maximum absolute atomic E-state index is 9.65. The molecule has 1 aromatic heterocycles. The molecule has 0 saturated heterocycles. The van der Waals surface area contributed by atoms with E-state index in [4.69, 9.17) is 10.5 Å². The Hall–Kier alpha value is -2.14. The van der Waals surface area contributed by atoms with Crippen LogP contribution in [0.15, 0.2) is 36.7 Å². The second kappa shape index (κ2) is 5.27. The summed E-state index contributed by atoms with van der Waals surface area (Å²) >= 11 is 0. The first-order chi connectivity index (χ1) is 8.31. The molecule has 5 heteroatoms. The minimum absolute atomic E-state index is 0.156. The van der Waals surface area contributed by atoms with Gasteiger partial charge >= 0.3 is 0 Å². The summed E-state index contributed by atoms with van der Waals surface area (Å²) in [6, 6.07) is 6.91. The number of ether oxygens (including phenoxy) is 1. The van der Waals surface area contributed by atoms with Gasteiger partial charge in [0.25, 0.3) is 0 Å². The fourth-order valence-corrected chi connectivity index (χ4v) is 1.37. The van der Waals surface area contributed by atoms with Crippen LogP contribution < -0.4 is 10.5 Å². The number of aromatic nitrogens is 2. The third kappa shape index (κ3) is 2.70. The first-order valence-corrected chi connectivity index (χ1v) is 5.24. The van der Waals surface area contributed by atoms with Crippen LogP contribution in [-0.4, -0.2) is 28.2 Å². The largest absolute Gasteiger partial charge is 0.507 e. The van der Waals surface area contributed by atoms with Crippen molar-refractivity contribution in [3.63, 3.8) is 0 Å². The summed E-state index contributed by atoms with van der Waals surface area (Å²) in [6.07, 6.45) is 3.12. The van der Waals surface area contributed by atoms with Crippen molar-refractivity contribution in [2.45, 2.75) is 0 Å². The summed E-state index contributed by atoms with van der Waals surface area (Å²) in [5, 5.41) is 9.65. The SMILES string of the molecule is NCCOc1cnc(-c2ccccc2O)nc1. The minimum Gasteiger partial charge on any atom is -0.507 e. The number of aromatic hydroxyl groups is 1. The number of para-hydroxylation sites is 1.